The Kier molecular flexibility index (Phi) is 4.83. The van der Waals surface area contributed by atoms with Gasteiger partial charge in [-0.2, -0.15) is 11.8 Å². The smallest absolute Gasteiger partial charge is 0.317 e. The summed E-state index contributed by atoms with van der Waals surface area (Å²) in [7, 11) is 0. The van der Waals surface area contributed by atoms with Crippen LogP contribution in [0.5, 0.6) is 0 Å². The number of carboxylic acids is 1. The number of amides is 2. The van der Waals surface area contributed by atoms with Crippen molar-refractivity contribution in [1.82, 2.24) is 10.2 Å². The van der Waals surface area contributed by atoms with Crippen molar-refractivity contribution < 1.29 is 14.7 Å². The quantitative estimate of drug-likeness (QED) is 0.820. The number of rotatable bonds is 2. The molecule has 0 unspecified atom stereocenters. The molecular formula is C14H24N2O3S. The van der Waals surface area contributed by atoms with E-state index in [-0.39, 0.29) is 22.7 Å². The van der Waals surface area contributed by atoms with Gasteiger partial charge in [0.2, 0.25) is 0 Å². The molecule has 2 N–H and O–H groups in total. The number of carbonyl (C=O) groups is 2. The third-order valence-corrected chi connectivity index (χ3v) is 5.61. The minimum Gasteiger partial charge on any atom is -0.481 e. The van der Waals surface area contributed by atoms with Crippen LogP contribution in [-0.2, 0) is 4.79 Å². The van der Waals surface area contributed by atoms with Gasteiger partial charge in [-0.3, -0.25) is 4.79 Å². The molecule has 2 amide bonds. The Labute approximate surface area is 124 Å². The number of carbonyl (C=O) groups excluding carboxylic acids is 1. The van der Waals surface area contributed by atoms with Crippen molar-refractivity contribution in [2.45, 2.75) is 50.3 Å². The first-order valence-electron chi connectivity index (χ1n) is 7.29. The Morgan fingerprint density at radius 1 is 1.30 bits per heavy atom. The van der Waals surface area contributed by atoms with Crippen LogP contribution in [0.1, 0.15) is 39.5 Å². The normalized spacial score (nSPS) is 29.8. The molecular weight excluding hydrogens is 276 g/mol. The van der Waals surface area contributed by atoms with Crippen LogP contribution < -0.4 is 5.32 Å². The fraction of sp³-hybridized carbons (Fsp3) is 0.857. The SMILES string of the molecule is CC1(C)CCN(C(=O)N[C@H]2CC[C@@H](C(=O)O)C2)CCS1. The maximum Gasteiger partial charge on any atom is 0.317 e. The van der Waals surface area contributed by atoms with E-state index in [1.165, 1.54) is 0 Å². The lowest BCUT2D eigenvalue weighted by molar-refractivity contribution is -0.141. The van der Waals surface area contributed by atoms with Gasteiger partial charge in [0.05, 0.1) is 5.92 Å². The van der Waals surface area contributed by atoms with E-state index in [4.69, 9.17) is 5.11 Å². The van der Waals surface area contributed by atoms with E-state index in [2.05, 4.69) is 19.2 Å². The zero-order valence-electron chi connectivity index (χ0n) is 12.2. The lowest BCUT2D eigenvalue weighted by Crippen LogP contribution is -2.45. The second-order valence-electron chi connectivity index (χ2n) is 6.34. The topological polar surface area (TPSA) is 69.6 Å². The average molecular weight is 300 g/mol. The van der Waals surface area contributed by atoms with E-state index in [0.717, 1.165) is 31.7 Å². The van der Waals surface area contributed by atoms with Crippen LogP contribution in [0.2, 0.25) is 0 Å². The largest absolute Gasteiger partial charge is 0.481 e. The zero-order valence-corrected chi connectivity index (χ0v) is 13.0. The van der Waals surface area contributed by atoms with Crippen LogP contribution in [0.3, 0.4) is 0 Å². The lowest BCUT2D eigenvalue weighted by atomic mass is 10.1. The van der Waals surface area contributed by atoms with Gasteiger partial charge in [-0.25, -0.2) is 4.79 Å². The molecule has 1 heterocycles. The molecule has 0 spiro atoms. The highest BCUT2D eigenvalue weighted by Gasteiger charge is 2.32. The maximum atomic E-state index is 12.3. The monoisotopic (exact) mass is 300 g/mol. The van der Waals surface area contributed by atoms with E-state index in [1.807, 2.05) is 16.7 Å². The molecule has 0 aromatic heterocycles. The molecule has 5 nitrogen and oxygen atoms in total. The Balaban J connectivity index is 1.82. The molecule has 1 saturated carbocycles. The third kappa shape index (κ3) is 4.04. The average Bonchev–Trinajstić information content (AvgIpc) is 2.74. The van der Waals surface area contributed by atoms with Gasteiger partial charge in [0, 0.05) is 29.6 Å². The number of hydrogen-bond acceptors (Lipinski definition) is 3. The number of thioether (sulfide) groups is 1. The van der Waals surface area contributed by atoms with Crippen molar-refractivity contribution >= 4 is 23.8 Å². The molecule has 0 aromatic rings. The van der Waals surface area contributed by atoms with E-state index < -0.39 is 5.97 Å². The first-order valence-corrected chi connectivity index (χ1v) is 8.28. The molecule has 1 saturated heterocycles. The van der Waals surface area contributed by atoms with E-state index in [9.17, 15) is 9.59 Å². The zero-order chi connectivity index (χ0) is 14.8. The van der Waals surface area contributed by atoms with E-state index in [0.29, 0.717) is 12.8 Å². The van der Waals surface area contributed by atoms with Crippen molar-refractivity contribution in [3.63, 3.8) is 0 Å². The van der Waals surface area contributed by atoms with Crippen LogP contribution in [0, 0.1) is 5.92 Å². The summed E-state index contributed by atoms with van der Waals surface area (Å²) in [6, 6.07) is -0.00754. The molecule has 114 valence electrons. The summed E-state index contributed by atoms with van der Waals surface area (Å²) in [5.41, 5.74) is 0. The molecule has 2 rings (SSSR count). The summed E-state index contributed by atoms with van der Waals surface area (Å²) in [6.45, 7) is 5.98. The Morgan fingerprint density at radius 2 is 2.05 bits per heavy atom. The van der Waals surface area contributed by atoms with Crippen molar-refractivity contribution in [3.8, 4) is 0 Å². The molecule has 1 aliphatic heterocycles. The van der Waals surface area contributed by atoms with Crippen molar-refractivity contribution in [2.24, 2.45) is 5.92 Å². The minimum absolute atomic E-state index is 0.0208. The first-order chi connectivity index (χ1) is 9.37. The van der Waals surface area contributed by atoms with Gasteiger partial charge in [-0.15, -0.1) is 0 Å². The second kappa shape index (κ2) is 6.24. The molecule has 0 radical (unpaired) electrons. The van der Waals surface area contributed by atoms with Gasteiger partial charge in [0.1, 0.15) is 0 Å². The van der Waals surface area contributed by atoms with Crippen LogP contribution in [0.15, 0.2) is 0 Å². The second-order valence-corrected chi connectivity index (χ2v) is 8.14. The minimum atomic E-state index is -0.741. The number of hydrogen-bond donors (Lipinski definition) is 2. The number of nitrogens with one attached hydrogen (secondary N) is 1. The Bertz CT molecular complexity index is 387. The summed E-state index contributed by atoms with van der Waals surface area (Å²) in [5.74, 6) is -0.0726. The van der Waals surface area contributed by atoms with E-state index >= 15 is 0 Å². The molecule has 2 aliphatic rings. The van der Waals surface area contributed by atoms with Crippen molar-refractivity contribution in [3.05, 3.63) is 0 Å². The van der Waals surface area contributed by atoms with Gasteiger partial charge < -0.3 is 15.3 Å². The van der Waals surface area contributed by atoms with Crippen LogP contribution in [0.25, 0.3) is 0 Å². The van der Waals surface area contributed by atoms with Gasteiger partial charge in [0.15, 0.2) is 0 Å². The standard InChI is InChI=1S/C14H24N2O3S/c1-14(2)5-6-16(7-8-20-14)13(19)15-11-4-3-10(9-11)12(17)18/h10-11H,3-9H2,1-2H3,(H,15,19)(H,17,18)/t10-,11+/m1/s1. The highest BCUT2D eigenvalue weighted by Crippen LogP contribution is 2.31. The van der Waals surface area contributed by atoms with Gasteiger partial charge in [-0.05, 0) is 25.7 Å². The summed E-state index contributed by atoms with van der Waals surface area (Å²) in [5, 5.41) is 12.0. The molecule has 1 aliphatic carbocycles. The van der Waals surface area contributed by atoms with Gasteiger partial charge in [0.25, 0.3) is 0 Å². The summed E-state index contributed by atoms with van der Waals surface area (Å²) in [4.78, 5) is 25.0. The molecule has 0 bridgehead atoms. The summed E-state index contributed by atoms with van der Waals surface area (Å²) >= 11 is 1.91. The first kappa shape index (κ1) is 15.5. The maximum absolute atomic E-state index is 12.3. The number of urea groups is 1. The molecule has 2 fully saturated rings. The Hall–Kier alpha value is -0.910. The van der Waals surface area contributed by atoms with Crippen molar-refractivity contribution in [2.75, 3.05) is 18.8 Å². The highest BCUT2D eigenvalue weighted by molar-refractivity contribution is 8.00. The lowest BCUT2D eigenvalue weighted by Gasteiger charge is -2.24. The molecule has 20 heavy (non-hydrogen) atoms. The van der Waals surface area contributed by atoms with Crippen LogP contribution in [-0.4, -0.2) is 51.6 Å². The summed E-state index contributed by atoms with van der Waals surface area (Å²) < 4.78 is 0.233. The van der Waals surface area contributed by atoms with Crippen LogP contribution in [0.4, 0.5) is 4.79 Å². The predicted molar refractivity (Wildman–Crippen MR) is 80.0 cm³/mol. The number of carboxylic acid groups (broad SMARTS) is 1. The highest BCUT2D eigenvalue weighted by atomic mass is 32.2. The fourth-order valence-corrected chi connectivity index (χ4v) is 3.93. The summed E-state index contributed by atoms with van der Waals surface area (Å²) in [6.07, 6.45) is 3.00. The predicted octanol–water partition coefficient (Wildman–Crippen LogP) is 2.17. The van der Waals surface area contributed by atoms with Gasteiger partial charge >= 0.3 is 12.0 Å². The third-order valence-electron chi connectivity index (χ3n) is 4.23. The van der Waals surface area contributed by atoms with Gasteiger partial charge in [-0.1, -0.05) is 13.8 Å². The number of nitrogens with zero attached hydrogens (tertiary/aromatic N) is 1. The number of aliphatic carboxylic acids is 1. The fourth-order valence-electron chi connectivity index (χ4n) is 2.83. The van der Waals surface area contributed by atoms with E-state index in [1.54, 1.807) is 0 Å². The Morgan fingerprint density at radius 3 is 2.70 bits per heavy atom. The molecule has 2 atom stereocenters. The van der Waals surface area contributed by atoms with Crippen molar-refractivity contribution in [1.29, 1.82) is 0 Å². The molecule has 0 aromatic carbocycles. The molecule has 6 heteroatoms. The van der Waals surface area contributed by atoms with Crippen LogP contribution >= 0.6 is 11.8 Å².